The van der Waals surface area contributed by atoms with E-state index in [1.165, 1.54) is 0 Å². The Labute approximate surface area is 125 Å². The number of halogens is 1. The Bertz CT molecular complexity index is 595. The fourth-order valence-electron chi connectivity index (χ4n) is 1.54. The lowest BCUT2D eigenvalue weighted by atomic mass is 10.2. The molecular formula is C15H13BrO2S. The van der Waals surface area contributed by atoms with Crippen molar-refractivity contribution in [3.63, 3.8) is 0 Å². The molecule has 0 aliphatic carbocycles. The molecule has 0 saturated carbocycles. The number of hydrogen-bond acceptors (Lipinski definition) is 3. The first-order chi connectivity index (χ1) is 9.29. The third-order valence-electron chi connectivity index (χ3n) is 2.43. The van der Waals surface area contributed by atoms with Crippen molar-refractivity contribution in [1.29, 1.82) is 0 Å². The highest BCUT2D eigenvalue weighted by Crippen LogP contribution is 2.19. The van der Waals surface area contributed by atoms with E-state index >= 15 is 0 Å². The number of benzene rings is 1. The summed E-state index contributed by atoms with van der Waals surface area (Å²) in [6, 6.07) is 10.0. The van der Waals surface area contributed by atoms with Crippen LogP contribution in [0.2, 0.25) is 0 Å². The largest absolute Gasteiger partial charge is 0.384 e. The smallest absolute Gasteiger partial charge is 0.104 e. The molecule has 19 heavy (non-hydrogen) atoms. The van der Waals surface area contributed by atoms with E-state index in [-0.39, 0.29) is 6.61 Å². The lowest BCUT2D eigenvalue weighted by molar-refractivity contribution is 0.109. The Kier molecular flexibility index (Phi) is 5.62. The highest BCUT2D eigenvalue weighted by Gasteiger charge is 2.01. The van der Waals surface area contributed by atoms with Crippen molar-refractivity contribution in [3.8, 4) is 11.8 Å². The molecule has 0 saturated heterocycles. The molecule has 0 aliphatic heterocycles. The Morgan fingerprint density at radius 2 is 2.11 bits per heavy atom. The summed E-state index contributed by atoms with van der Waals surface area (Å²) in [4.78, 5) is 1.13. The zero-order valence-corrected chi connectivity index (χ0v) is 12.6. The first-order valence-electron chi connectivity index (χ1n) is 5.78. The first kappa shape index (κ1) is 14.3. The molecule has 1 N–H and O–H groups in total. The summed E-state index contributed by atoms with van der Waals surface area (Å²) >= 11 is 5.11. The normalized spacial score (nSPS) is 10.0. The molecule has 0 bridgehead atoms. The van der Waals surface area contributed by atoms with Crippen LogP contribution in [0, 0.1) is 11.8 Å². The van der Waals surface area contributed by atoms with Crippen molar-refractivity contribution < 1.29 is 9.84 Å². The second kappa shape index (κ2) is 7.46. The summed E-state index contributed by atoms with van der Waals surface area (Å²) in [6.45, 7) is 1.05. The average Bonchev–Trinajstić information content (AvgIpc) is 2.86. The average molecular weight is 337 g/mol. The molecule has 0 fully saturated rings. The van der Waals surface area contributed by atoms with Gasteiger partial charge >= 0.3 is 0 Å². The van der Waals surface area contributed by atoms with Gasteiger partial charge in [-0.15, -0.1) is 11.3 Å². The number of hydrogen-bond donors (Lipinski definition) is 1. The standard InChI is InChI=1S/C15H13BrO2S/c16-15-6-2-1-5-13(15)9-18-10-14-8-12(11-19-14)4-3-7-17/h1-2,5-6,8,11,17H,7,9-10H2. The zero-order chi connectivity index (χ0) is 13.5. The zero-order valence-electron chi connectivity index (χ0n) is 10.2. The fraction of sp³-hybridized carbons (Fsp3) is 0.200. The lowest BCUT2D eigenvalue weighted by Crippen LogP contribution is -1.93. The molecule has 1 aromatic carbocycles. The van der Waals surface area contributed by atoms with Crippen LogP contribution in [-0.2, 0) is 18.0 Å². The molecule has 0 amide bonds. The van der Waals surface area contributed by atoms with Crippen molar-refractivity contribution >= 4 is 27.3 Å². The molecule has 2 rings (SSSR count). The van der Waals surface area contributed by atoms with Gasteiger partial charge in [0.2, 0.25) is 0 Å². The van der Waals surface area contributed by atoms with Crippen LogP contribution in [0.1, 0.15) is 16.0 Å². The van der Waals surface area contributed by atoms with Gasteiger partial charge in [-0.3, -0.25) is 0 Å². The molecule has 0 unspecified atom stereocenters. The van der Waals surface area contributed by atoms with E-state index in [1.54, 1.807) is 11.3 Å². The van der Waals surface area contributed by atoms with Gasteiger partial charge in [0, 0.05) is 20.3 Å². The summed E-state index contributed by atoms with van der Waals surface area (Å²) in [5, 5.41) is 10.6. The predicted molar refractivity (Wildman–Crippen MR) is 80.9 cm³/mol. The fourth-order valence-corrected chi connectivity index (χ4v) is 2.69. The Morgan fingerprint density at radius 1 is 1.26 bits per heavy atom. The van der Waals surface area contributed by atoms with Gasteiger partial charge in [0.15, 0.2) is 0 Å². The maximum Gasteiger partial charge on any atom is 0.104 e. The van der Waals surface area contributed by atoms with Crippen LogP contribution in [0.15, 0.2) is 40.2 Å². The van der Waals surface area contributed by atoms with E-state index in [9.17, 15) is 0 Å². The van der Waals surface area contributed by atoms with Gasteiger partial charge in [-0.1, -0.05) is 46.0 Å². The van der Waals surface area contributed by atoms with Gasteiger partial charge in [-0.25, -0.2) is 0 Å². The minimum absolute atomic E-state index is 0.107. The van der Waals surface area contributed by atoms with E-state index in [4.69, 9.17) is 9.84 Å². The maximum absolute atomic E-state index is 8.63. The van der Waals surface area contributed by atoms with Crippen molar-refractivity contribution in [3.05, 3.63) is 56.2 Å². The van der Waals surface area contributed by atoms with Gasteiger partial charge in [-0.2, -0.15) is 0 Å². The number of thiophene rings is 1. The summed E-state index contributed by atoms with van der Waals surface area (Å²) in [7, 11) is 0. The molecule has 1 heterocycles. The van der Waals surface area contributed by atoms with Crippen LogP contribution in [0.4, 0.5) is 0 Å². The SMILES string of the molecule is OCC#Cc1csc(COCc2ccccc2Br)c1. The monoisotopic (exact) mass is 336 g/mol. The lowest BCUT2D eigenvalue weighted by Gasteiger charge is -2.04. The van der Waals surface area contributed by atoms with Gasteiger partial charge < -0.3 is 9.84 Å². The van der Waals surface area contributed by atoms with Crippen molar-refractivity contribution in [1.82, 2.24) is 0 Å². The van der Waals surface area contributed by atoms with E-state index in [2.05, 4.69) is 27.8 Å². The van der Waals surface area contributed by atoms with Crippen LogP contribution < -0.4 is 0 Å². The molecule has 0 atom stereocenters. The van der Waals surface area contributed by atoms with Gasteiger partial charge in [0.1, 0.15) is 6.61 Å². The predicted octanol–water partition coefficient (Wildman–Crippen LogP) is 3.57. The van der Waals surface area contributed by atoms with Crippen LogP contribution in [0.25, 0.3) is 0 Å². The maximum atomic E-state index is 8.63. The highest BCUT2D eigenvalue weighted by atomic mass is 79.9. The van der Waals surface area contributed by atoms with E-state index in [1.807, 2.05) is 35.7 Å². The molecular weight excluding hydrogens is 324 g/mol. The highest BCUT2D eigenvalue weighted by molar-refractivity contribution is 9.10. The Balaban J connectivity index is 1.86. The molecule has 2 nitrogen and oxygen atoms in total. The minimum atomic E-state index is -0.107. The molecule has 98 valence electrons. The van der Waals surface area contributed by atoms with E-state index < -0.39 is 0 Å². The molecule has 4 heteroatoms. The quantitative estimate of drug-likeness (QED) is 0.865. The molecule has 0 spiro atoms. The summed E-state index contributed by atoms with van der Waals surface area (Å²) < 4.78 is 6.75. The Morgan fingerprint density at radius 3 is 2.89 bits per heavy atom. The Hall–Kier alpha value is -1.12. The molecule has 1 aromatic heterocycles. The van der Waals surface area contributed by atoms with Gasteiger partial charge in [-0.05, 0) is 17.7 Å². The van der Waals surface area contributed by atoms with Crippen LogP contribution in [0.3, 0.4) is 0 Å². The number of ether oxygens (including phenoxy) is 1. The van der Waals surface area contributed by atoms with Crippen molar-refractivity contribution in [2.24, 2.45) is 0 Å². The van der Waals surface area contributed by atoms with Crippen LogP contribution in [0.5, 0.6) is 0 Å². The van der Waals surface area contributed by atoms with Crippen LogP contribution >= 0.6 is 27.3 Å². The molecule has 0 radical (unpaired) electrons. The number of aliphatic hydroxyl groups excluding tert-OH is 1. The van der Waals surface area contributed by atoms with Gasteiger partial charge in [0.05, 0.1) is 13.2 Å². The number of rotatable bonds is 4. The minimum Gasteiger partial charge on any atom is -0.384 e. The van der Waals surface area contributed by atoms with E-state index in [0.29, 0.717) is 13.2 Å². The first-order valence-corrected chi connectivity index (χ1v) is 7.45. The van der Waals surface area contributed by atoms with Gasteiger partial charge in [0.25, 0.3) is 0 Å². The van der Waals surface area contributed by atoms with Crippen LogP contribution in [-0.4, -0.2) is 11.7 Å². The second-order valence-corrected chi connectivity index (χ2v) is 5.70. The topological polar surface area (TPSA) is 29.5 Å². The van der Waals surface area contributed by atoms with Crippen molar-refractivity contribution in [2.75, 3.05) is 6.61 Å². The number of aliphatic hydroxyl groups is 1. The summed E-state index contributed by atoms with van der Waals surface area (Å²) in [5.41, 5.74) is 2.07. The third kappa shape index (κ3) is 4.48. The molecule has 2 aromatic rings. The van der Waals surface area contributed by atoms with Crippen molar-refractivity contribution in [2.45, 2.75) is 13.2 Å². The summed E-state index contributed by atoms with van der Waals surface area (Å²) in [5.74, 6) is 5.51. The summed E-state index contributed by atoms with van der Waals surface area (Å²) in [6.07, 6.45) is 0. The van der Waals surface area contributed by atoms with E-state index in [0.717, 1.165) is 20.5 Å². The second-order valence-electron chi connectivity index (χ2n) is 3.85. The third-order valence-corrected chi connectivity index (χ3v) is 4.11. The molecule has 0 aliphatic rings.